The van der Waals surface area contributed by atoms with Crippen LogP contribution < -0.4 is 0 Å². The Hall–Kier alpha value is -0.530. The Labute approximate surface area is 110 Å². The van der Waals surface area contributed by atoms with Gasteiger partial charge in [0.15, 0.2) is 0 Å². The summed E-state index contributed by atoms with van der Waals surface area (Å²) in [7, 11) is 0. The largest absolute Gasteiger partial charge is 0.459 e. The van der Waals surface area contributed by atoms with Crippen LogP contribution in [0.3, 0.4) is 0 Å². The summed E-state index contributed by atoms with van der Waals surface area (Å²) in [6.07, 6.45) is 5.95. The summed E-state index contributed by atoms with van der Waals surface area (Å²) in [6.45, 7) is 8.98. The lowest BCUT2D eigenvalue weighted by molar-refractivity contribution is -0.200. The highest BCUT2D eigenvalue weighted by atomic mass is 16.6. The number of ether oxygens (including phenoxy) is 1. The van der Waals surface area contributed by atoms with E-state index in [1.54, 1.807) is 0 Å². The molecule has 4 bridgehead atoms. The van der Waals surface area contributed by atoms with E-state index < -0.39 is 0 Å². The van der Waals surface area contributed by atoms with Gasteiger partial charge in [0.1, 0.15) is 5.60 Å². The first kappa shape index (κ1) is 12.5. The Kier molecular flexibility index (Phi) is 2.60. The van der Waals surface area contributed by atoms with Crippen LogP contribution in [0.15, 0.2) is 0 Å². The number of hydrogen-bond donors (Lipinski definition) is 0. The molecule has 2 heterocycles. The third-order valence-corrected chi connectivity index (χ3v) is 6.44. The number of carbonyl (C=O) groups excluding carboxylic acids is 1. The lowest BCUT2D eigenvalue weighted by Crippen LogP contribution is -2.56. The standard InChI is InChI=1S/C16H26O2/c1-10-5-6-12-14(17)18-15(2,3)11-7-8-16(12,4)13(10)9-11/h10-13H,5-9H2,1-4H3/t10-,11+,12?,13-,16-/m0/s1. The lowest BCUT2D eigenvalue weighted by Gasteiger charge is -2.58. The summed E-state index contributed by atoms with van der Waals surface area (Å²) in [5, 5.41) is 0. The van der Waals surface area contributed by atoms with Crippen LogP contribution >= 0.6 is 0 Å². The van der Waals surface area contributed by atoms with Crippen molar-refractivity contribution in [1.29, 1.82) is 0 Å². The molecule has 0 aromatic carbocycles. The van der Waals surface area contributed by atoms with Crippen molar-refractivity contribution in [3.63, 3.8) is 0 Å². The molecule has 0 amide bonds. The van der Waals surface area contributed by atoms with Gasteiger partial charge in [0, 0.05) is 0 Å². The van der Waals surface area contributed by atoms with E-state index in [0.717, 1.165) is 18.3 Å². The van der Waals surface area contributed by atoms with Gasteiger partial charge in [-0.3, -0.25) is 4.79 Å². The van der Waals surface area contributed by atoms with Crippen molar-refractivity contribution in [2.75, 3.05) is 0 Å². The number of rotatable bonds is 0. The molecule has 102 valence electrons. The molecule has 2 aliphatic heterocycles. The first-order valence-corrected chi connectivity index (χ1v) is 7.57. The molecular formula is C16H26O2. The van der Waals surface area contributed by atoms with E-state index in [1.807, 2.05) is 0 Å². The van der Waals surface area contributed by atoms with Gasteiger partial charge >= 0.3 is 5.97 Å². The van der Waals surface area contributed by atoms with Gasteiger partial charge in [-0.15, -0.1) is 0 Å². The quantitative estimate of drug-likeness (QED) is 0.611. The van der Waals surface area contributed by atoms with Gasteiger partial charge in [-0.1, -0.05) is 13.8 Å². The van der Waals surface area contributed by atoms with Gasteiger partial charge in [-0.05, 0) is 69.1 Å². The fraction of sp³-hybridized carbons (Fsp3) is 0.938. The molecule has 2 heteroatoms. The van der Waals surface area contributed by atoms with Gasteiger partial charge in [0.25, 0.3) is 0 Å². The molecule has 0 aromatic rings. The third-order valence-electron chi connectivity index (χ3n) is 6.44. The van der Waals surface area contributed by atoms with Crippen LogP contribution in [0, 0.1) is 29.1 Å². The first-order chi connectivity index (χ1) is 8.34. The number of fused-ring (bicyclic) bond motifs is 3. The van der Waals surface area contributed by atoms with E-state index in [0.29, 0.717) is 5.92 Å². The van der Waals surface area contributed by atoms with Crippen molar-refractivity contribution < 1.29 is 9.53 Å². The van der Waals surface area contributed by atoms with Crippen molar-refractivity contribution in [2.24, 2.45) is 29.1 Å². The van der Waals surface area contributed by atoms with E-state index in [-0.39, 0.29) is 22.9 Å². The highest BCUT2D eigenvalue weighted by Crippen LogP contribution is 2.60. The second-order valence-corrected chi connectivity index (χ2v) is 7.72. The zero-order valence-corrected chi connectivity index (χ0v) is 12.2. The van der Waals surface area contributed by atoms with Crippen molar-refractivity contribution in [3.8, 4) is 0 Å². The van der Waals surface area contributed by atoms with Crippen LogP contribution in [-0.4, -0.2) is 11.6 Å². The van der Waals surface area contributed by atoms with Crippen LogP contribution in [0.5, 0.6) is 0 Å². The Balaban J connectivity index is 2.04. The zero-order valence-electron chi connectivity index (χ0n) is 12.2. The van der Waals surface area contributed by atoms with Gasteiger partial charge < -0.3 is 4.74 Å². The summed E-state index contributed by atoms with van der Waals surface area (Å²) in [4.78, 5) is 12.5. The van der Waals surface area contributed by atoms with Crippen molar-refractivity contribution in [1.82, 2.24) is 0 Å². The van der Waals surface area contributed by atoms with Crippen LogP contribution in [0.2, 0.25) is 0 Å². The van der Waals surface area contributed by atoms with Crippen molar-refractivity contribution >= 4 is 5.97 Å². The van der Waals surface area contributed by atoms with Gasteiger partial charge in [-0.2, -0.15) is 0 Å². The molecule has 4 fully saturated rings. The van der Waals surface area contributed by atoms with Gasteiger partial charge in [0.05, 0.1) is 5.92 Å². The fourth-order valence-corrected chi connectivity index (χ4v) is 5.07. The minimum absolute atomic E-state index is 0.0869. The summed E-state index contributed by atoms with van der Waals surface area (Å²) in [5.41, 5.74) is -0.0475. The third kappa shape index (κ3) is 1.57. The molecule has 4 rings (SSSR count). The van der Waals surface area contributed by atoms with Crippen LogP contribution in [0.25, 0.3) is 0 Å². The van der Waals surface area contributed by atoms with Crippen LogP contribution in [-0.2, 0) is 9.53 Å². The molecule has 0 radical (unpaired) electrons. The average Bonchev–Trinajstić information content (AvgIpc) is 2.26. The Morgan fingerprint density at radius 1 is 1.17 bits per heavy atom. The normalized spacial score (nSPS) is 50.3. The van der Waals surface area contributed by atoms with E-state index >= 15 is 0 Å². The molecular weight excluding hydrogens is 224 g/mol. The Morgan fingerprint density at radius 3 is 2.61 bits per heavy atom. The second kappa shape index (κ2) is 3.74. The van der Waals surface area contributed by atoms with E-state index in [1.165, 1.54) is 25.7 Å². The second-order valence-electron chi connectivity index (χ2n) is 7.72. The molecule has 18 heavy (non-hydrogen) atoms. The predicted molar refractivity (Wildman–Crippen MR) is 71.0 cm³/mol. The maximum Gasteiger partial charge on any atom is 0.310 e. The summed E-state index contributed by atoms with van der Waals surface area (Å²) < 4.78 is 5.86. The topological polar surface area (TPSA) is 26.3 Å². The summed E-state index contributed by atoms with van der Waals surface area (Å²) in [5.74, 6) is 2.29. The molecule has 0 N–H and O–H groups in total. The molecule has 1 unspecified atom stereocenters. The summed E-state index contributed by atoms with van der Waals surface area (Å²) in [6, 6.07) is 0. The van der Waals surface area contributed by atoms with Crippen molar-refractivity contribution in [2.45, 2.75) is 65.4 Å². The molecule has 4 aliphatic rings. The lowest BCUT2D eigenvalue weighted by atomic mass is 9.49. The zero-order chi connectivity index (χ0) is 13.1. The minimum Gasteiger partial charge on any atom is -0.459 e. The van der Waals surface area contributed by atoms with Gasteiger partial charge in [0.2, 0.25) is 0 Å². The smallest absolute Gasteiger partial charge is 0.310 e. The number of esters is 1. The van der Waals surface area contributed by atoms with Crippen LogP contribution in [0.1, 0.15) is 59.8 Å². The number of carbonyl (C=O) groups is 1. The first-order valence-electron chi connectivity index (χ1n) is 7.57. The molecule has 0 spiro atoms. The fourth-order valence-electron chi connectivity index (χ4n) is 5.07. The maximum atomic E-state index is 12.5. The van der Waals surface area contributed by atoms with Gasteiger partial charge in [-0.25, -0.2) is 0 Å². The SMILES string of the molecule is C[C@H]1CCC2C(=O)OC(C)(C)[C@@H]3CC[C@]2(C)[C@H]1C3. The minimum atomic E-state index is -0.258. The van der Waals surface area contributed by atoms with Crippen molar-refractivity contribution in [3.05, 3.63) is 0 Å². The average molecular weight is 250 g/mol. The molecule has 0 aromatic heterocycles. The van der Waals surface area contributed by atoms with E-state index in [9.17, 15) is 4.79 Å². The molecule has 5 atom stereocenters. The predicted octanol–water partition coefficient (Wildman–Crippen LogP) is 3.79. The molecule has 2 saturated heterocycles. The molecule has 2 aliphatic carbocycles. The van der Waals surface area contributed by atoms with Crippen LogP contribution in [0.4, 0.5) is 0 Å². The highest BCUT2D eigenvalue weighted by Gasteiger charge is 2.57. The summed E-state index contributed by atoms with van der Waals surface area (Å²) >= 11 is 0. The monoisotopic (exact) mass is 250 g/mol. The van der Waals surface area contributed by atoms with E-state index in [2.05, 4.69) is 27.7 Å². The maximum absolute atomic E-state index is 12.5. The van der Waals surface area contributed by atoms with E-state index in [4.69, 9.17) is 4.74 Å². The Morgan fingerprint density at radius 2 is 1.89 bits per heavy atom. The Bertz CT molecular complexity index is 373. The molecule has 2 saturated carbocycles. The molecule has 2 nitrogen and oxygen atoms in total. The highest BCUT2D eigenvalue weighted by molar-refractivity contribution is 5.74. The number of hydrogen-bond acceptors (Lipinski definition) is 2.